The van der Waals surface area contributed by atoms with Gasteiger partial charge in [0.2, 0.25) is 5.91 Å². The number of anilines is 1. The summed E-state index contributed by atoms with van der Waals surface area (Å²) in [6, 6.07) is 8.22. The molecule has 0 aliphatic carbocycles. The van der Waals surface area contributed by atoms with Crippen LogP contribution in [0.2, 0.25) is 0 Å². The van der Waals surface area contributed by atoms with Gasteiger partial charge in [-0.1, -0.05) is 18.2 Å². The van der Waals surface area contributed by atoms with Crippen LogP contribution in [0.5, 0.6) is 0 Å². The molecule has 0 spiro atoms. The molecule has 7 nitrogen and oxygen atoms in total. The van der Waals surface area contributed by atoms with E-state index in [-0.39, 0.29) is 29.9 Å². The number of nitrogens with one attached hydrogen (secondary N) is 1. The lowest BCUT2D eigenvalue weighted by Gasteiger charge is -2.34. The Morgan fingerprint density at radius 2 is 2.03 bits per heavy atom. The summed E-state index contributed by atoms with van der Waals surface area (Å²) in [5.41, 5.74) is 2.36. The summed E-state index contributed by atoms with van der Waals surface area (Å²) in [5, 5.41) is 3.44. The first-order valence-corrected chi connectivity index (χ1v) is 11.8. The van der Waals surface area contributed by atoms with E-state index in [0.29, 0.717) is 18.6 Å². The van der Waals surface area contributed by atoms with E-state index in [1.54, 1.807) is 0 Å². The van der Waals surface area contributed by atoms with E-state index < -0.39 is 0 Å². The van der Waals surface area contributed by atoms with Crippen molar-refractivity contribution in [1.29, 1.82) is 0 Å². The van der Waals surface area contributed by atoms with Gasteiger partial charge < -0.3 is 24.6 Å². The van der Waals surface area contributed by atoms with Gasteiger partial charge in [0.15, 0.2) is 5.96 Å². The summed E-state index contributed by atoms with van der Waals surface area (Å²) >= 11 is 0. The van der Waals surface area contributed by atoms with Crippen molar-refractivity contribution in [3.05, 3.63) is 29.8 Å². The fraction of sp³-hybridized carbons (Fsp3) is 0.667. The first kappa shape index (κ1) is 25.2. The SMILES string of the molecule is CN=C(NCCCC(=O)N1CCc2ccccc21)N1CCC(OCC2CCCO2)CC1.I. The number of carbonyl (C=O) groups excluding carboxylic acids is 1. The lowest BCUT2D eigenvalue weighted by atomic mass is 10.1. The van der Waals surface area contributed by atoms with Gasteiger partial charge in [0.25, 0.3) is 0 Å². The fourth-order valence-corrected chi connectivity index (χ4v) is 4.76. The Hall–Kier alpha value is -1.39. The Labute approximate surface area is 208 Å². The Balaban J connectivity index is 0.00000289. The molecule has 3 aliphatic rings. The third kappa shape index (κ3) is 6.57. The van der Waals surface area contributed by atoms with Crippen LogP contribution in [0.1, 0.15) is 44.1 Å². The average Bonchev–Trinajstić information content (AvgIpc) is 3.48. The van der Waals surface area contributed by atoms with Gasteiger partial charge in [0.1, 0.15) is 0 Å². The third-order valence-electron chi connectivity index (χ3n) is 6.53. The van der Waals surface area contributed by atoms with Crippen molar-refractivity contribution in [2.24, 2.45) is 4.99 Å². The van der Waals surface area contributed by atoms with E-state index >= 15 is 0 Å². The number of hydrogen-bond donors (Lipinski definition) is 1. The number of ether oxygens (including phenoxy) is 2. The van der Waals surface area contributed by atoms with E-state index in [1.165, 1.54) is 5.56 Å². The van der Waals surface area contributed by atoms with Crippen LogP contribution in [0, 0.1) is 0 Å². The van der Waals surface area contributed by atoms with Crippen LogP contribution in [0.15, 0.2) is 29.3 Å². The molecule has 32 heavy (non-hydrogen) atoms. The van der Waals surface area contributed by atoms with Gasteiger partial charge in [0, 0.05) is 51.9 Å². The van der Waals surface area contributed by atoms with Gasteiger partial charge in [-0.05, 0) is 50.2 Å². The van der Waals surface area contributed by atoms with Crippen LogP contribution in [0.4, 0.5) is 5.69 Å². The minimum Gasteiger partial charge on any atom is -0.376 e. The Bertz CT molecular complexity index is 761. The number of carbonyl (C=O) groups is 1. The first-order chi connectivity index (χ1) is 15.2. The number of hydrogen-bond acceptors (Lipinski definition) is 4. The highest BCUT2D eigenvalue weighted by Crippen LogP contribution is 2.28. The van der Waals surface area contributed by atoms with E-state index in [1.807, 2.05) is 24.1 Å². The second-order valence-corrected chi connectivity index (χ2v) is 8.66. The fourth-order valence-electron chi connectivity index (χ4n) is 4.76. The lowest BCUT2D eigenvalue weighted by molar-refractivity contribution is -0.118. The van der Waals surface area contributed by atoms with Crippen molar-refractivity contribution in [2.45, 2.75) is 57.2 Å². The lowest BCUT2D eigenvalue weighted by Crippen LogP contribution is -2.47. The topological polar surface area (TPSA) is 66.4 Å². The molecular formula is C24H37IN4O3. The van der Waals surface area contributed by atoms with E-state index in [4.69, 9.17) is 9.47 Å². The third-order valence-corrected chi connectivity index (χ3v) is 6.53. The zero-order chi connectivity index (χ0) is 21.5. The molecule has 178 valence electrons. The number of benzene rings is 1. The van der Waals surface area contributed by atoms with Crippen LogP contribution in [0.3, 0.4) is 0 Å². The number of likely N-dealkylation sites (tertiary alicyclic amines) is 1. The highest BCUT2D eigenvalue weighted by atomic mass is 127. The zero-order valence-electron chi connectivity index (χ0n) is 19.1. The summed E-state index contributed by atoms with van der Waals surface area (Å²) < 4.78 is 11.7. The van der Waals surface area contributed by atoms with Gasteiger partial charge in [-0.15, -0.1) is 24.0 Å². The van der Waals surface area contributed by atoms with Crippen molar-refractivity contribution in [2.75, 3.05) is 51.3 Å². The molecule has 1 unspecified atom stereocenters. The summed E-state index contributed by atoms with van der Waals surface area (Å²) in [4.78, 5) is 21.3. The monoisotopic (exact) mass is 556 g/mol. The molecule has 0 saturated carbocycles. The number of piperidine rings is 1. The number of halogens is 1. The summed E-state index contributed by atoms with van der Waals surface area (Å²) in [7, 11) is 1.83. The van der Waals surface area contributed by atoms with Crippen molar-refractivity contribution in [3.63, 3.8) is 0 Å². The van der Waals surface area contributed by atoms with E-state index in [2.05, 4.69) is 27.3 Å². The molecule has 4 rings (SSSR count). The largest absolute Gasteiger partial charge is 0.376 e. The maximum atomic E-state index is 12.7. The number of aliphatic imine (C=N–C) groups is 1. The molecule has 1 N–H and O–H groups in total. The average molecular weight is 556 g/mol. The molecule has 1 atom stereocenters. The van der Waals surface area contributed by atoms with Crippen molar-refractivity contribution >= 4 is 41.5 Å². The number of fused-ring (bicyclic) bond motifs is 1. The number of rotatable bonds is 7. The Morgan fingerprint density at radius 1 is 1.22 bits per heavy atom. The predicted octanol–water partition coefficient (Wildman–Crippen LogP) is 3.21. The highest BCUT2D eigenvalue weighted by Gasteiger charge is 2.25. The molecule has 8 heteroatoms. The van der Waals surface area contributed by atoms with Crippen molar-refractivity contribution in [3.8, 4) is 0 Å². The van der Waals surface area contributed by atoms with Gasteiger partial charge in [-0.25, -0.2) is 0 Å². The zero-order valence-corrected chi connectivity index (χ0v) is 21.5. The minimum atomic E-state index is 0. The van der Waals surface area contributed by atoms with Crippen molar-refractivity contribution < 1.29 is 14.3 Å². The molecule has 1 aromatic carbocycles. The van der Waals surface area contributed by atoms with Crippen LogP contribution < -0.4 is 10.2 Å². The molecule has 1 aromatic rings. The van der Waals surface area contributed by atoms with Gasteiger partial charge in [-0.2, -0.15) is 0 Å². The maximum absolute atomic E-state index is 12.7. The van der Waals surface area contributed by atoms with E-state index in [9.17, 15) is 4.79 Å². The maximum Gasteiger partial charge on any atom is 0.227 e. The first-order valence-electron chi connectivity index (χ1n) is 11.8. The summed E-state index contributed by atoms with van der Waals surface area (Å²) in [6.45, 7) is 5.05. The molecule has 0 radical (unpaired) electrons. The summed E-state index contributed by atoms with van der Waals surface area (Å²) in [6.07, 6.45) is 7.24. The van der Waals surface area contributed by atoms with Crippen LogP contribution in [0.25, 0.3) is 0 Å². The minimum absolute atomic E-state index is 0. The van der Waals surface area contributed by atoms with Crippen molar-refractivity contribution in [1.82, 2.24) is 10.2 Å². The second kappa shape index (κ2) is 12.7. The normalized spacial score (nSPS) is 21.4. The van der Waals surface area contributed by atoms with Crippen LogP contribution >= 0.6 is 24.0 Å². The highest BCUT2D eigenvalue weighted by molar-refractivity contribution is 14.0. The molecule has 2 saturated heterocycles. The molecule has 3 aliphatic heterocycles. The van der Waals surface area contributed by atoms with E-state index in [0.717, 1.165) is 89.6 Å². The molecule has 0 bridgehead atoms. The Kier molecular flexibility index (Phi) is 10.1. The molecule has 2 fully saturated rings. The number of nitrogens with zero attached hydrogens (tertiary/aromatic N) is 3. The van der Waals surface area contributed by atoms with Gasteiger partial charge in [-0.3, -0.25) is 9.79 Å². The standard InChI is InChI=1S/C24H36N4O3.HI/c1-25-24(27-14-11-20(12-15-27)31-18-21-7-5-17-30-21)26-13-4-9-23(29)28-16-10-19-6-2-3-8-22(19)28;/h2-3,6,8,20-21H,4-5,7,9-18H2,1H3,(H,25,26);1H. The number of amides is 1. The van der Waals surface area contributed by atoms with Gasteiger partial charge in [0.05, 0.1) is 18.8 Å². The van der Waals surface area contributed by atoms with Gasteiger partial charge >= 0.3 is 0 Å². The molecule has 3 heterocycles. The number of para-hydroxylation sites is 1. The number of guanidine groups is 1. The Morgan fingerprint density at radius 3 is 2.78 bits per heavy atom. The molecule has 0 aromatic heterocycles. The smallest absolute Gasteiger partial charge is 0.227 e. The van der Waals surface area contributed by atoms with Crippen LogP contribution in [-0.4, -0.2) is 75.4 Å². The summed E-state index contributed by atoms with van der Waals surface area (Å²) in [5.74, 6) is 1.14. The predicted molar refractivity (Wildman–Crippen MR) is 138 cm³/mol. The molecular weight excluding hydrogens is 519 g/mol. The quantitative estimate of drug-likeness (QED) is 0.242. The van der Waals surface area contributed by atoms with Crippen LogP contribution in [-0.2, 0) is 20.7 Å². The molecule has 1 amide bonds. The second-order valence-electron chi connectivity index (χ2n) is 8.66.